The molecule has 0 unspecified atom stereocenters. The number of nitrogens with zero attached hydrogens (tertiary/aromatic N) is 1. The molecule has 0 saturated carbocycles. The second-order valence-corrected chi connectivity index (χ2v) is 16.1. The van der Waals surface area contributed by atoms with E-state index in [1.165, 1.54) is 77.9 Å². The molecule has 8 aromatic rings. The van der Waals surface area contributed by atoms with Gasteiger partial charge < -0.3 is 4.90 Å². The number of anilines is 3. The molecule has 0 aromatic heterocycles. The molecule has 8 aromatic carbocycles. The molecule has 0 spiro atoms. The van der Waals surface area contributed by atoms with Gasteiger partial charge in [0.2, 0.25) is 0 Å². The van der Waals surface area contributed by atoms with Crippen LogP contribution in [-0.4, -0.2) is 0 Å². The van der Waals surface area contributed by atoms with Crippen molar-refractivity contribution >= 4 is 17.1 Å². The van der Waals surface area contributed by atoms with E-state index in [1.54, 1.807) is 0 Å². The van der Waals surface area contributed by atoms with Crippen molar-refractivity contribution in [2.24, 2.45) is 0 Å². The molecule has 0 radical (unpaired) electrons. The lowest BCUT2D eigenvalue weighted by Gasteiger charge is -2.29. The second-order valence-electron chi connectivity index (χ2n) is 16.1. The van der Waals surface area contributed by atoms with Crippen molar-refractivity contribution in [3.8, 4) is 55.6 Å². The zero-order valence-electron chi connectivity index (χ0n) is 31.8. The van der Waals surface area contributed by atoms with Gasteiger partial charge in [0.25, 0.3) is 0 Å². The average Bonchev–Trinajstić information content (AvgIpc) is 3.61. The van der Waals surface area contributed by atoms with Gasteiger partial charge in [0, 0.05) is 27.8 Å². The highest BCUT2D eigenvalue weighted by molar-refractivity contribution is 5.98. The quantitative estimate of drug-likeness (QED) is 0.166. The zero-order chi connectivity index (χ0) is 37.3. The van der Waals surface area contributed by atoms with Crippen molar-refractivity contribution in [3.63, 3.8) is 0 Å². The van der Waals surface area contributed by atoms with Crippen LogP contribution in [-0.2, 0) is 10.8 Å². The Morgan fingerprint density at radius 3 is 1.60 bits per heavy atom. The molecule has 1 heteroatoms. The largest absolute Gasteiger partial charge is 0.310 e. The molecule has 2 aliphatic rings. The van der Waals surface area contributed by atoms with E-state index in [-0.39, 0.29) is 10.8 Å². The van der Waals surface area contributed by atoms with Crippen LogP contribution in [0.4, 0.5) is 17.1 Å². The van der Waals surface area contributed by atoms with Crippen molar-refractivity contribution in [2.45, 2.75) is 38.5 Å². The van der Waals surface area contributed by atoms with E-state index in [9.17, 15) is 0 Å². The Morgan fingerprint density at radius 2 is 0.818 bits per heavy atom. The minimum Gasteiger partial charge on any atom is -0.310 e. The summed E-state index contributed by atoms with van der Waals surface area (Å²) in [6.07, 6.45) is 0. The van der Waals surface area contributed by atoms with Gasteiger partial charge >= 0.3 is 0 Å². The van der Waals surface area contributed by atoms with Gasteiger partial charge in [-0.1, -0.05) is 179 Å². The maximum absolute atomic E-state index is 2.44. The Labute approximate surface area is 325 Å². The van der Waals surface area contributed by atoms with Crippen molar-refractivity contribution in [2.75, 3.05) is 4.90 Å². The van der Waals surface area contributed by atoms with Crippen LogP contribution in [0.3, 0.4) is 0 Å². The van der Waals surface area contributed by atoms with Crippen LogP contribution in [0, 0.1) is 0 Å². The summed E-state index contributed by atoms with van der Waals surface area (Å²) < 4.78 is 0. The van der Waals surface area contributed by atoms with E-state index in [4.69, 9.17) is 0 Å². The molecule has 0 amide bonds. The Bertz CT molecular complexity index is 2750. The molecule has 264 valence electrons. The number of para-hydroxylation sites is 1. The summed E-state index contributed by atoms with van der Waals surface area (Å²) >= 11 is 0. The summed E-state index contributed by atoms with van der Waals surface area (Å²) in [5.74, 6) is 0. The fourth-order valence-corrected chi connectivity index (χ4v) is 9.46. The van der Waals surface area contributed by atoms with Gasteiger partial charge in [0.15, 0.2) is 0 Å². The highest BCUT2D eigenvalue weighted by Gasteiger charge is 2.37. The third-order valence-corrected chi connectivity index (χ3v) is 12.3. The van der Waals surface area contributed by atoms with Crippen molar-refractivity contribution in [1.29, 1.82) is 0 Å². The molecule has 0 N–H and O–H groups in total. The summed E-state index contributed by atoms with van der Waals surface area (Å²) in [6, 6.07) is 69.5. The summed E-state index contributed by atoms with van der Waals surface area (Å²) in [5, 5.41) is 0. The Kier molecular flexibility index (Phi) is 7.58. The summed E-state index contributed by atoms with van der Waals surface area (Å²) in [5.41, 5.74) is 21.5. The highest BCUT2D eigenvalue weighted by atomic mass is 15.1. The lowest BCUT2D eigenvalue weighted by molar-refractivity contribution is 0.660. The molecule has 0 heterocycles. The van der Waals surface area contributed by atoms with Gasteiger partial charge in [-0.05, 0) is 109 Å². The van der Waals surface area contributed by atoms with Crippen molar-refractivity contribution < 1.29 is 0 Å². The summed E-state index contributed by atoms with van der Waals surface area (Å²) in [6.45, 7) is 9.40. The summed E-state index contributed by atoms with van der Waals surface area (Å²) in [4.78, 5) is 2.44. The first-order chi connectivity index (χ1) is 26.8. The number of hydrogen-bond donors (Lipinski definition) is 0. The average molecular weight is 706 g/mol. The van der Waals surface area contributed by atoms with Gasteiger partial charge in [0.1, 0.15) is 0 Å². The first kappa shape index (κ1) is 33.2. The molecule has 55 heavy (non-hydrogen) atoms. The maximum Gasteiger partial charge on any atom is 0.0540 e. The Morgan fingerprint density at radius 1 is 0.309 bits per heavy atom. The van der Waals surface area contributed by atoms with Crippen LogP contribution in [0.25, 0.3) is 55.6 Å². The molecule has 10 rings (SSSR count). The number of fused-ring (bicyclic) bond motifs is 6. The van der Waals surface area contributed by atoms with Crippen molar-refractivity contribution in [1.82, 2.24) is 0 Å². The van der Waals surface area contributed by atoms with Crippen LogP contribution in [0.15, 0.2) is 188 Å². The molecule has 0 atom stereocenters. The standard InChI is InChI=1S/C54H43N/c1-53(2)47-24-11-8-20-42(47)46-35-39(30-33-49(46)53)37-28-31-40(32-29-37)55(41-19-14-18-38(34-41)36-16-6-5-7-17-36)51-27-13-10-21-43(51)44-23-15-26-50-52(44)45-22-9-12-25-48(45)54(50,3)4/h5-35H,1-4H3. The third-order valence-electron chi connectivity index (χ3n) is 12.3. The first-order valence-electron chi connectivity index (χ1n) is 19.4. The van der Waals surface area contributed by atoms with Gasteiger partial charge in [-0.2, -0.15) is 0 Å². The van der Waals surface area contributed by atoms with Gasteiger partial charge in [-0.3, -0.25) is 0 Å². The molecule has 1 nitrogen and oxygen atoms in total. The van der Waals surface area contributed by atoms with Gasteiger partial charge in [-0.25, -0.2) is 0 Å². The molecule has 2 aliphatic carbocycles. The minimum atomic E-state index is -0.0776. The predicted octanol–water partition coefficient (Wildman–Crippen LogP) is 14.8. The molecular formula is C54H43N. The van der Waals surface area contributed by atoms with Gasteiger partial charge in [0.05, 0.1) is 5.69 Å². The zero-order valence-corrected chi connectivity index (χ0v) is 31.8. The van der Waals surface area contributed by atoms with Crippen molar-refractivity contribution in [3.05, 3.63) is 210 Å². The van der Waals surface area contributed by atoms with E-state index >= 15 is 0 Å². The number of hydrogen-bond acceptors (Lipinski definition) is 1. The monoisotopic (exact) mass is 705 g/mol. The van der Waals surface area contributed by atoms with E-state index in [2.05, 4.69) is 221 Å². The molecule has 0 saturated heterocycles. The highest BCUT2D eigenvalue weighted by Crippen LogP contribution is 2.54. The Balaban J connectivity index is 1.13. The maximum atomic E-state index is 2.44. The lowest BCUT2D eigenvalue weighted by Crippen LogP contribution is -2.15. The predicted molar refractivity (Wildman–Crippen MR) is 233 cm³/mol. The smallest absolute Gasteiger partial charge is 0.0540 e. The topological polar surface area (TPSA) is 3.24 Å². The fourth-order valence-electron chi connectivity index (χ4n) is 9.46. The van der Waals surface area contributed by atoms with Crippen LogP contribution in [0.2, 0.25) is 0 Å². The van der Waals surface area contributed by atoms with Crippen LogP contribution in [0.1, 0.15) is 49.9 Å². The van der Waals surface area contributed by atoms with Crippen LogP contribution < -0.4 is 4.90 Å². The number of benzene rings is 8. The van der Waals surface area contributed by atoms with E-state index in [0.29, 0.717) is 0 Å². The normalized spacial score (nSPS) is 14.1. The minimum absolute atomic E-state index is 0.00675. The third kappa shape index (κ3) is 5.22. The van der Waals surface area contributed by atoms with Crippen LogP contribution in [0.5, 0.6) is 0 Å². The molecular weight excluding hydrogens is 663 g/mol. The molecule has 0 bridgehead atoms. The second kappa shape index (κ2) is 12.6. The SMILES string of the molecule is CC1(C)c2ccccc2-c2cc(-c3ccc(N(c4cccc(-c5ccccc5)c4)c4ccccc4-c4cccc5c4-c4ccccc4C5(C)C)cc3)ccc21. The van der Waals surface area contributed by atoms with Gasteiger partial charge in [-0.15, -0.1) is 0 Å². The fraction of sp³-hybridized carbons (Fsp3) is 0.111. The van der Waals surface area contributed by atoms with E-state index in [0.717, 1.165) is 17.1 Å². The van der Waals surface area contributed by atoms with E-state index < -0.39 is 0 Å². The van der Waals surface area contributed by atoms with E-state index in [1.807, 2.05) is 0 Å². The van der Waals surface area contributed by atoms with Crippen LogP contribution >= 0.6 is 0 Å². The first-order valence-corrected chi connectivity index (χ1v) is 19.4. The Hall–Kier alpha value is -6.44. The number of rotatable bonds is 6. The summed E-state index contributed by atoms with van der Waals surface area (Å²) in [7, 11) is 0. The molecule has 0 aliphatic heterocycles. The lowest BCUT2D eigenvalue weighted by atomic mass is 9.82. The molecule has 0 fully saturated rings.